The minimum Gasteiger partial charge on any atom is -0.760 e. The highest BCUT2D eigenvalue weighted by Crippen LogP contribution is 2.30. The average molecular weight is 415 g/mol. The zero-order valence-corrected chi connectivity index (χ0v) is 17.4. The van der Waals surface area contributed by atoms with E-state index in [1.165, 1.54) is 4.31 Å². The molecule has 0 bridgehead atoms. The fourth-order valence-corrected chi connectivity index (χ4v) is 4.79. The molecule has 1 aliphatic heterocycles. The van der Waals surface area contributed by atoms with Gasteiger partial charge in [0.2, 0.25) is 0 Å². The molecule has 0 amide bonds. The molecule has 9 nitrogen and oxygen atoms in total. The molecule has 0 radical (unpaired) electrons. The summed E-state index contributed by atoms with van der Waals surface area (Å²) in [6.45, 7) is 5.81. The van der Waals surface area contributed by atoms with Gasteiger partial charge in [-0.15, -0.1) is 0 Å². The molecule has 154 valence electrons. The summed E-state index contributed by atoms with van der Waals surface area (Å²) in [7, 11) is 0. The van der Waals surface area contributed by atoms with Gasteiger partial charge in [-0.1, -0.05) is 0 Å². The van der Waals surface area contributed by atoms with E-state index in [1.807, 2.05) is 45.0 Å². The molecule has 4 heterocycles. The highest BCUT2D eigenvalue weighted by atomic mass is 32.2. The Morgan fingerprint density at radius 2 is 2.00 bits per heavy atom. The summed E-state index contributed by atoms with van der Waals surface area (Å²) in [5, 5.41) is 14.8. The number of aromatic nitrogens is 4. The van der Waals surface area contributed by atoms with Crippen LogP contribution in [-0.4, -0.2) is 51.4 Å². The van der Waals surface area contributed by atoms with Crippen LogP contribution in [0.25, 0.3) is 10.9 Å². The highest BCUT2D eigenvalue weighted by Gasteiger charge is 2.32. The smallest absolute Gasteiger partial charge is 0.153 e. The van der Waals surface area contributed by atoms with Gasteiger partial charge < -0.3 is 15.2 Å². The molecule has 3 N–H and O–H groups in total. The molecule has 1 aliphatic rings. The third-order valence-electron chi connectivity index (χ3n) is 5.19. The minimum atomic E-state index is -2.21. The SMILES string of the molecule is Cc1cc(Nc2cc3ncccc3c(NC3C[C@@H](C)N(S(=O)[O-])[C@@H](C)C3)n2)n[nH]1. The lowest BCUT2D eigenvalue weighted by Crippen LogP contribution is -2.50. The van der Waals surface area contributed by atoms with Crippen LogP contribution < -0.4 is 10.6 Å². The van der Waals surface area contributed by atoms with Crippen LogP contribution in [0.5, 0.6) is 0 Å². The maximum absolute atomic E-state index is 11.5. The van der Waals surface area contributed by atoms with Crippen LogP contribution in [-0.2, 0) is 11.3 Å². The fourth-order valence-electron chi connectivity index (χ4n) is 4.03. The number of hydrogen-bond donors (Lipinski definition) is 3. The Kier molecular flexibility index (Phi) is 5.48. The molecule has 3 aromatic rings. The topological polar surface area (TPSA) is 122 Å². The van der Waals surface area contributed by atoms with Crippen LogP contribution in [0.4, 0.5) is 17.5 Å². The minimum absolute atomic E-state index is 0.0766. The second-order valence-corrected chi connectivity index (χ2v) is 8.43. The third-order valence-corrected chi connectivity index (χ3v) is 6.26. The molecule has 0 spiro atoms. The van der Waals surface area contributed by atoms with Gasteiger partial charge in [-0.25, -0.2) is 9.29 Å². The van der Waals surface area contributed by atoms with Gasteiger partial charge in [0.15, 0.2) is 5.82 Å². The largest absolute Gasteiger partial charge is 0.760 e. The lowest BCUT2D eigenvalue weighted by atomic mass is 9.95. The van der Waals surface area contributed by atoms with Gasteiger partial charge in [-0.3, -0.25) is 14.3 Å². The van der Waals surface area contributed by atoms with Crippen molar-refractivity contribution in [3.8, 4) is 0 Å². The number of H-pyrrole nitrogens is 1. The number of aromatic amines is 1. The van der Waals surface area contributed by atoms with Crippen molar-refractivity contribution in [2.75, 3.05) is 10.6 Å². The van der Waals surface area contributed by atoms with E-state index < -0.39 is 11.3 Å². The van der Waals surface area contributed by atoms with E-state index in [2.05, 4.69) is 25.8 Å². The van der Waals surface area contributed by atoms with E-state index in [0.29, 0.717) is 24.5 Å². The summed E-state index contributed by atoms with van der Waals surface area (Å²) in [4.78, 5) is 9.22. The van der Waals surface area contributed by atoms with Gasteiger partial charge in [0.25, 0.3) is 0 Å². The van der Waals surface area contributed by atoms with Crippen molar-refractivity contribution in [3.63, 3.8) is 0 Å². The van der Waals surface area contributed by atoms with Gasteiger partial charge in [-0.2, -0.15) is 5.10 Å². The first-order chi connectivity index (χ1) is 13.9. The van der Waals surface area contributed by atoms with Gasteiger partial charge >= 0.3 is 0 Å². The number of rotatable bonds is 5. The first-order valence-corrected chi connectivity index (χ1v) is 10.6. The number of aryl methyl sites for hydroxylation is 1. The van der Waals surface area contributed by atoms with Crippen molar-refractivity contribution in [1.29, 1.82) is 0 Å². The Morgan fingerprint density at radius 1 is 1.24 bits per heavy atom. The van der Waals surface area contributed by atoms with Gasteiger partial charge in [-0.05, 0) is 45.7 Å². The Morgan fingerprint density at radius 3 is 2.66 bits per heavy atom. The molecule has 0 aliphatic carbocycles. The molecule has 0 aromatic carbocycles. The normalized spacial score (nSPS) is 23.8. The predicted octanol–water partition coefficient (Wildman–Crippen LogP) is 2.85. The zero-order valence-electron chi connectivity index (χ0n) is 16.5. The number of pyridine rings is 2. The van der Waals surface area contributed by atoms with Crippen molar-refractivity contribution in [2.45, 2.75) is 51.7 Å². The molecular weight excluding hydrogens is 390 g/mol. The molecule has 0 saturated carbocycles. The Labute approximate surface area is 171 Å². The molecule has 4 rings (SSSR count). The van der Waals surface area contributed by atoms with Crippen LogP contribution in [0.2, 0.25) is 0 Å². The van der Waals surface area contributed by atoms with Gasteiger partial charge in [0.1, 0.15) is 11.6 Å². The predicted molar refractivity (Wildman–Crippen MR) is 112 cm³/mol. The maximum Gasteiger partial charge on any atom is 0.153 e. The van der Waals surface area contributed by atoms with Gasteiger partial charge in [0, 0.05) is 58.8 Å². The van der Waals surface area contributed by atoms with Crippen LogP contribution in [0.3, 0.4) is 0 Å². The molecule has 3 aromatic heterocycles. The number of hydrogen-bond acceptors (Lipinski definition) is 7. The molecular formula is C19H24N7O2S-. The number of nitrogens with one attached hydrogen (secondary N) is 3. The molecule has 1 fully saturated rings. The zero-order chi connectivity index (χ0) is 20.5. The molecule has 2 unspecified atom stereocenters. The molecule has 29 heavy (non-hydrogen) atoms. The summed E-state index contributed by atoms with van der Waals surface area (Å²) < 4.78 is 24.5. The van der Waals surface area contributed by atoms with Crippen LogP contribution in [0, 0.1) is 6.92 Å². The average Bonchev–Trinajstić information content (AvgIpc) is 3.05. The summed E-state index contributed by atoms with van der Waals surface area (Å²) in [6, 6.07) is 7.61. The number of fused-ring (bicyclic) bond motifs is 1. The Bertz CT molecular complexity index is 1030. The van der Waals surface area contributed by atoms with E-state index >= 15 is 0 Å². The Hall–Kier alpha value is -2.56. The monoisotopic (exact) mass is 414 g/mol. The van der Waals surface area contributed by atoms with Crippen LogP contribution in [0.15, 0.2) is 30.5 Å². The van der Waals surface area contributed by atoms with Gasteiger partial charge in [0.05, 0.1) is 5.52 Å². The number of piperidine rings is 1. The standard InChI is InChI=1S/C19H25N7O2S/c1-11-7-18(25-24-11)22-17-10-16-15(5-4-6-20-16)19(23-17)21-14-8-12(2)26(29(27)28)13(3)9-14/h4-7,10,12-14H,8-9H2,1-3H3,(H,27,28)(H3,21,22,23,24,25)/p-1/t12-,13+,14?. The summed E-state index contributed by atoms with van der Waals surface area (Å²) in [5.41, 5.74) is 1.77. The van der Waals surface area contributed by atoms with Crippen LogP contribution >= 0.6 is 0 Å². The van der Waals surface area contributed by atoms with E-state index in [1.54, 1.807) is 6.20 Å². The molecule has 1 saturated heterocycles. The van der Waals surface area contributed by atoms with Crippen molar-refractivity contribution < 1.29 is 8.76 Å². The molecule has 10 heteroatoms. The van der Waals surface area contributed by atoms with Crippen LogP contribution in [0.1, 0.15) is 32.4 Å². The first kappa shape index (κ1) is 19.7. The van der Waals surface area contributed by atoms with E-state index in [9.17, 15) is 8.76 Å². The van der Waals surface area contributed by atoms with E-state index in [4.69, 9.17) is 4.98 Å². The Balaban J connectivity index is 1.61. The fraction of sp³-hybridized carbons (Fsp3) is 0.421. The van der Waals surface area contributed by atoms with E-state index in [-0.39, 0.29) is 18.1 Å². The summed E-state index contributed by atoms with van der Waals surface area (Å²) in [6.07, 6.45) is 3.16. The highest BCUT2D eigenvalue weighted by molar-refractivity contribution is 7.76. The maximum atomic E-state index is 11.5. The number of nitrogens with zero attached hydrogens (tertiary/aromatic N) is 4. The third kappa shape index (κ3) is 4.24. The number of anilines is 3. The first-order valence-electron chi connectivity index (χ1n) is 9.59. The lowest BCUT2D eigenvalue weighted by molar-refractivity contribution is 0.188. The lowest BCUT2D eigenvalue weighted by Gasteiger charge is -2.43. The van der Waals surface area contributed by atoms with Crippen molar-refractivity contribution in [1.82, 2.24) is 24.5 Å². The van der Waals surface area contributed by atoms with Crippen molar-refractivity contribution >= 4 is 39.6 Å². The van der Waals surface area contributed by atoms with Crippen molar-refractivity contribution in [2.24, 2.45) is 0 Å². The second-order valence-electron chi connectivity index (χ2n) is 7.58. The molecule has 4 atom stereocenters. The van der Waals surface area contributed by atoms with E-state index in [0.717, 1.165) is 22.4 Å². The van der Waals surface area contributed by atoms with Crippen molar-refractivity contribution in [3.05, 3.63) is 36.2 Å². The quantitative estimate of drug-likeness (QED) is 0.549. The second kappa shape index (κ2) is 8.05. The summed E-state index contributed by atoms with van der Waals surface area (Å²) >= 11 is -2.21. The summed E-state index contributed by atoms with van der Waals surface area (Å²) in [5.74, 6) is 2.06.